The van der Waals surface area contributed by atoms with Crippen molar-refractivity contribution in [3.8, 4) is 0 Å². The van der Waals surface area contributed by atoms with Gasteiger partial charge in [-0.3, -0.25) is 21.8 Å². The average Bonchev–Trinajstić information content (AvgIpc) is 3.13. The third-order valence-corrected chi connectivity index (χ3v) is 5.78. The number of carbonyl (C=O) groups is 1. The van der Waals surface area contributed by atoms with Crippen LogP contribution in [-0.2, 0) is 4.74 Å². The molecular weight excluding hydrogens is 366 g/mol. The number of nitrogens with one attached hydrogen (secondary N) is 4. The molecule has 3 atom stereocenters. The third-order valence-electron chi connectivity index (χ3n) is 5.78. The van der Waals surface area contributed by atoms with Crippen molar-refractivity contribution in [1.82, 2.24) is 16.0 Å². The molecule has 11 nitrogen and oxygen atoms in total. The number of hydrogen-bond acceptors (Lipinski definition) is 8. The molecule has 0 bridgehead atoms. The molecule has 0 aromatic carbocycles. The fraction of sp³-hybridized carbons (Fsp3) is 0.824. The summed E-state index contributed by atoms with van der Waals surface area (Å²) >= 11 is 0. The summed E-state index contributed by atoms with van der Waals surface area (Å²) in [6.45, 7) is 3.05. The lowest BCUT2D eigenvalue weighted by Crippen LogP contribution is -2.91. The van der Waals surface area contributed by atoms with Crippen LogP contribution < -0.4 is 32.4 Å². The van der Waals surface area contributed by atoms with Gasteiger partial charge < -0.3 is 20.3 Å². The normalized spacial score (nSPS) is 30.0. The monoisotopic (exact) mass is 399 g/mol. The first-order valence-corrected chi connectivity index (χ1v) is 10.0. The van der Waals surface area contributed by atoms with Gasteiger partial charge in [0.25, 0.3) is 5.66 Å². The molecule has 158 valence electrons. The zero-order chi connectivity index (χ0) is 20.4. The second-order valence-corrected chi connectivity index (χ2v) is 7.72. The number of hydrogen-bond donors (Lipinski definition) is 8. The predicted octanol–water partition coefficient (Wildman–Crippen LogP) is -3.87. The summed E-state index contributed by atoms with van der Waals surface area (Å²) < 4.78 is 6.98. The zero-order valence-electron chi connectivity index (χ0n) is 16.3. The molecule has 3 aliphatic rings. The molecule has 0 aromatic rings. The van der Waals surface area contributed by atoms with Gasteiger partial charge in [-0.2, -0.15) is 0 Å². The maximum atomic E-state index is 12.0. The van der Waals surface area contributed by atoms with Crippen LogP contribution in [0.3, 0.4) is 0 Å². The lowest BCUT2D eigenvalue weighted by molar-refractivity contribution is -0.674. The summed E-state index contributed by atoms with van der Waals surface area (Å²) in [5, 5.41) is 30.0. The second kappa shape index (κ2) is 8.00. The topological polar surface area (TPSA) is 172 Å². The lowest BCUT2D eigenvalue weighted by Gasteiger charge is -2.40. The Bertz CT molecular complexity index is 666. The molecule has 2 unspecified atom stereocenters. The van der Waals surface area contributed by atoms with Crippen molar-refractivity contribution in [2.45, 2.75) is 69.0 Å². The van der Waals surface area contributed by atoms with Gasteiger partial charge in [-0.15, -0.1) is 0 Å². The van der Waals surface area contributed by atoms with Gasteiger partial charge >= 0.3 is 18.0 Å². The number of aliphatic hydroxyl groups is 2. The summed E-state index contributed by atoms with van der Waals surface area (Å²) in [6.07, 6.45) is 5.11. The Labute approximate surface area is 164 Å². The molecule has 1 spiro atoms. The second-order valence-electron chi connectivity index (χ2n) is 7.72. The van der Waals surface area contributed by atoms with Gasteiger partial charge in [0.05, 0.1) is 6.54 Å². The summed E-state index contributed by atoms with van der Waals surface area (Å²) in [4.78, 5) is 15.0. The van der Waals surface area contributed by atoms with E-state index >= 15 is 0 Å². The highest BCUT2D eigenvalue weighted by Crippen LogP contribution is 2.36. The van der Waals surface area contributed by atoms with E-state index in [1.807, 2.05) is 0 Å². The van der Waals surface area contributed by atoms with E-state index in [4.69, 9.17) is 16.2 Å². The SMILES string of the molecule is CCCCCCCNC(=O)OC[C@@H]1NC(N)=[N+]2CCC(O)(O)C23NC(N)=[NH+]C13. The van der Waals surface area contributed by atoms with E-state index in [-0.39, 0.29) is 24.9 Å². The van der Waals surface area contributed by atoms with E-state index in [1.54, 1.807) is 4.58 Å². The zero-order valence-corrected chi connectivity index (χ0v) is 16.3. The molecule has 3 aliphatic heterocycles. The van der Waals surface area contributed by atoms with Crippen LogP contribution in [0.5, 0.6) is 0 Å². The van der Waals surface area contributed by atoms with Crippen molar-refractivity contribution in [3.05, 3.63) is 0 Å². The lowest BCUT2D eigenvalue weighted by atomic mass is 9.87. The summed E-state index contributed by atoms with van der Waals surface area (Å²) in [5.41, 5.74) is 10.7. The van der Waals surface area contributed by atoms with Crippen LogP contribution in [0.25, 0.3) is 0 Å². The first-order valence-electron chi connectivity index (χ1n) is 10.0. The van der Waals surface area contributed by atoms with E-state index < -0.39 is 29.6 Å². The summed E-state index contributed by atoms with van der Waals surface area (Å²) in [5.74, 6) is -1.57. The molecule has 1 fully saturated rings. The van der Waals surface area contributed by atoms with Crippen molar-refractivity contribution >= 4 is 18.0 Å². The van der Waals surface area contributed by atoms with Crippen LogP contribution in [0, 0.1) is 0 Å². The fourth-order valence-corrected chi connectivity index (χ4v) is 4.35. The highest BCUT2D eigenvalue weighted by atomic mass is 16.5. The molecule has 3 rings (SSSR count). The van der Waals surface area contributed by atoms with Gasteiger partial charge in [-0.05, 0) is 6.42 Å². The molecule has 1 saturated heterocycles. The Morgan fingerprint density at radius 1 is 1.36 bits per heavy atom. The van der Waals surface area contributed by atoms with E-state index in [9.17, 15) is 15.0 Å². The van der Waals surface area contributed by atoms with Crippen LogP contribution in [-0.4, -0.2) is 76.0 Å². The van der Waals surface area contributed by atoms with Gasteiger partial charge in [0.2, 0.25) is 5.79 Å². The molecule has 3 heterocycles. The summed E-state index contributed by atoms with van der Waals surface area (Å²) in [7, 11) is 0. The first-order chi connectivity index (χ1) is 13.3. The van der Waals surface area contributed by atoms with Crippen molar-refractivity contribution < 1.29 is 29.3 Å². The van der Waals surface area contributed by atoms with Crippen LogP contribution in [0.15, 0.2) is 0 Å². The Morgan fingerprint density at radius 3 is 2.86 bits per heavy atom. The minimum Gasteiger partial charge on any atom is -0.446 e. The first kappa shape index (κ1) is 20.5. The maximum Gasteiger partial charge on any atom is 0.407 e. The molecule has 0 saturated carbocycles. The highest BCUT2D eigenvalue weighted by molar-refractivity contribution is 5.78. The molecular formula is C17H33N7O4+2. The van der Waals surface area contributed by atoms with Crippen LogP contribution >= 0.6 is 0 Å². The van der Waals surface area contributed by atoms with E-state index in [0.29, 0.717) is 13.1 Å². The Balaban J connectivity index is 1.58. The number of nitrogens with two attached hydrogens (primary N) is 2. The van der Waals surface area contributed by atoms with Gasteiger partial charge in [0.1, 0.15) is 12.6 Å². The van der Waals surface area contributed by atoms with E-state index in [1.165, 1.54) is 12.8 Å². The predicted molar refractivity (Wildman–Crippen MR) is 101 cm³/mol. The van der Waals surface area contributed by atoms with Crippen molar-refractivity contribution in [2.24, 2.45) is 11.5 Å². The summed E-state index contributed by atoms with van der Waals surface area (Å²) in [6, 6.07) is -1.07. The number of amides is 1. The van der Waals surface area contributed by atoms with Crippen LogP contribution in [0.4, 0.5) is 4.79 Å². The molecule has 0 aromatic heterocycles. The van der Waals surface area contributed by atoms with E-state index in [0.717, 1.165) is 19.3 Å². The number of rotatable bonds is 8. The highest BCUT2D eigenvalue weighted by Gasteiger charge is 2.74. The van der Waals surface area contributed by atoms with Crippen LogP contribution in [0.2, 0.25) is 0 Å². The maximum absolute atomic E-state index is 12.0. The minimum absolute atomic E-state index is 0.0132. The smallest absolute Gasteiger partial charge is 0.407 e. The molecule has 1 amide bonds. The molecule has 28 heavy (non-hydrogen) atoms. The van der Waals surface area contributed by atoms with Gasteiger partial charge in [-0.1, -0.05) is 32.6 Å². The fourth-order valence-electron chi connectivity index (χ4n) is 4.35. The number of alkyl carbamates (subject to hydrolysis) is 1. The Kier molecular flexibility index (Phi) is 5.84. The molecule has 0 radical (unpaired) electrons. The number of nitrogens with zero attached hydrogens (tertiary/aromatic N) is 1. The van der Waals surface area contributed by atoms with Gasteiger partial charge in [0, 0.05) is 13.0 Å². The number of unbranched alkanes of at least 4 members (excludes halogenated alkanes) is 4. The molecule has 0 aliphatic carbocycles. The third kappa shape index (κ3) is 3.55. The van der Waals surface area contributed by atoms with E-state index in [2.05, 4.69) is 27.9 Å². The van der Waals surface area contributed by atoms with Gasteiger partial charge in [0.15, 0.2) is 6.04 Å². The number of ether oxygens (including phenoxy) is 1. The van der Waals surface area contributed by atoms with Crippen LogP contribution in [0.1, 0.15) is 45.4 Å². The molecule has 10 N–H and O–H groups in total. The standard InChI is InChI=1S/C17H31N7O4/c1-2-3-4-5-6-8-20-15(25)28-10-11-12-17(23-13(18)22-12)16(26,27)7-9-24(17)14(19)21-11/h11-12,26-27H,2-10H2,1H3,(H6,18,19,20,21,22,23,25)/p+2/t11-,12?,17?/m0/s1. The average molecular weight is 399 g/mol. The molecule has 11 heteroatoms. The largest absolute Gasteiger partial charge is 0.446 e. The Morgan fingerprint density at radius 2 is 2.11 bits per heavy atom. The van der Waals surface area contributed by atoms with Gasteiger partial charge in [-0.25, -0.2) is 14.7 Å². The Hall–Kier alpha value is -2.27. The number of carbonyl (C=O) groups excluding carboxylic acids is 1. The van der Waals surface area contributed by atoms with Crippen molar-refractivity contribution in [2.75, 3.05) is 19.7 Å². The van der Waals surface area contributed by atoms with Crippen molar-refractivity contribution in [1.29, 1.82) is 0 Å². The number of guanidine groups is 2. The minimum atomic E-state index is -2.06. The quantitative estimate of drug-likeness (QED) is 0.116. The van der Waals surface area contributed by atoms with Crippen molar-refractivity contribution in [3.63, 3.8) is 0 Å².